The number of rotatable bonds is 4. The van der Waals surface area contributed by atoms with Crippen molar-refractivity contribution in [3.05, 3.63) is 35.5 Å². The largest absolute Gasteiger partial charge is 0.464 e. The summed E-state index contributed by atoms with van der Waals surface area (Å²) in [7, 11) is 0. The molecule has 0 fully saturated rings. The Labute approximate surface area is 128 Å². The maximum absolute atomic E-state index is 5.57. The highest BCUT2D eigenvalue weighted by Gasteiger charge is 2.13. The van der Waals surface area contributed by atoms with E-state index in [9.17, 15) is 0 Å². The third kappa shape index (κ3) is 3.31. The zero-order valence-corrected chi connectivity index (χ0v) is 13.3. The molecule has 0 saturated heterocycles. The van der Waals surface area contributed by atoms with Crippen LogP contribution in [0.25, 0.3) is 21.5 Å². The number of nitrogens with one attached hydrogen (secondary N) is 1. The molecule has 2 aromatic heterocycles. The molecule has 2 heterocycles. The molecule has 5 heteroatoms. The second-order valence-corrected chi connectivity index (χ2v) is 7.14. The molecule has 1 N–H and O–H groups in total. The average molecular weight is 301 g/mol. The van der Waals surface area contributed by atoms with Gasteiger partial charge in [-0.3, -0.25) is 0 Å². The molecule has 110 valence electrons. The van der Waals surface area contributed by atoms with Gasteiger partial charge in [0.25, 0.3) is 0 Å². The van der Waals surface area contributed by atoms with Crippen LogP contribution in [0.2, 0.25) is 0 Å². The van der Waals surface area contributed by atoms with Gasteiger partial charge in [-0.1, -0.05) is 29.5 Å². The second-order valence-electron chi connectivity index (χ2n) is 6.07. The second kappa shape index (κ2) is 5.58. The molecule has 1 aromatic carbocycles. The highest BCUT2D eigenvalue weighted by Crippen LogP contribution is 2.32. The van der Waals surface area contributed by atoms with E-state index in [0.29, 0.717) is 0 Å². The van der Waals surface area contributed by atoms with Crippen molar-refractivity contribution in [2.24, 2.45) is 0 Å². The summed E-state index contributed by atoms with van der Waals surface area (Å²) < 4.78 is 5.57. The Balaban J connectivity index is 1.76. The van der Waals surface area contributed by atoms with Gasteiger partial charge in [0.05, 0.1) is 5.56 Å². The third-order valence-electron chi connectivity index (χ3n) is 3.17. The van der Waals surface area contributed by atoms with E-state index in [1.165, 1.54) is 0 Å². The minimum Gasteiger partial charge on any atom is -0.464 e. The standard InChI is InChI=1S/C16H19N3OS/c1-16(2,3)17-9-8-14-18-19-15(21-14)12-10-20-13-7-5-4-6-11(12)13/h4-7,10,17H,8-9H2,1-3H3. The van der Waals surface area contributed by atoms with Crippen LogP contribution in [0.3, 0.4) is 0 Å². The Morgan fingerprint density at radius 2 is 2.00 bits per heavy atom. The molecule has 4 nitrogen and oxygen atoms in total. The first kappa shape index (κ1) is 14.2. The van der Waals surface area contributed by atoms with Crippen molar-refractivity contribution in [2.45, 2.75) is 32.7 Å². The summed E-state index contributed by atoms with van der Waals surface area (Å²) in [6.07, 6.45) is 2.66. The summed E-state index contributed by atoms with van der Waals surface area (Å²) in [5, 5.41) is 15.1. The van der Waals surface area contributed by atoms with Gasteiger partial charge >= 0.3 is 0 Å². The van der Waals surface area contributed by atoms with E-state index in [0.717, 1.165) is 39.5 Å². The molecule has 0 aliphatic carbocycles. The number of aromatic nitrogens is 2. The Morgan fingerprint density at radius 3 is 2.81 bits per heavy atom. The number of para-hydroxylation sites is 1. The zero-order valence-electron chi connectivity index (χ0n) is 12.5. The minimum absolute atomic E-state index is 0.133. The molecule has 0 amide bonds. The van der Waals surface area contributed by atoms with Crippen molar-refractivity contribution >= 4 is 22.3 Å². The summed E-state index contributed by atoms with van der Waals surface area (Å²) >= 11 is 1.63. The van der Waals surface area contributed by atoms with Crippen LogP contribution in [0.5, 0.6) is 0 Å². The smallest absolute Gasteiger partial charge is 0.151 e. The number of furan rings is 1. The Morgan fingerprint density at radius 1 is 1.19 bits per heavy atom. The summed E-state index contributed by atoms with van der Waals surface area (Å²) in [5.41, 5.74) is 2.05. The first-order valence-electron chi connectivity index (χ1n) is 7.07. The van der Waals surface area contributed by atoms with Gasteiger partial charge in [-0.25, -0.2) is 0 Å². The quantitative estimate of drug-likeness (QED) is 0.794. The molecule has 3 rings (SSSR count). The molecule has 0 bridgehead atoms. The number of nitrogens with zero attached hydrogens (tertiary/aromatic N) is 2. The van der Waals surface area contributed by atoms with Crippen LogP contribution >= 0.6 is 11.3 Å². The third-order valence-corrected chi connectivity index (χ3v) is 4.19. The molecule has 0 unspecified atom stereocenters. The van der Waals surface area contributed by atoms with E-state index in [4.69, 9.17) is 4.42 Å². The molecule has 0 radical (unpaired) electrons. The molecule has 0 atom stereocenters. The molecule has 21 heavy (non-hydrogen) atoms. The summed E-state index contributed by atoms with van der Waals surface area (Å²) in [6, 6.07) is 8.00. The molecule has 0 spiro atoms. The van der Waals surface area contributed by atoms with Crippen LogP contribution in [0, 0.1) is 0 Å². The van der Waals surface area contributed by atoms with E-state index in [1.807, 2.05) is 18.2 Å². The molecule has 0 aliphatic heterocycles. The molecular formula is C16H19N3OS. The van der Waals surface area contributed by atoms with Gasteiger partial charge in [-0.2, -0.15) is 0 Å². The van der Waals surface area contributed by atoms with Gasteiger partial charge < -0.3 is 9.73 Å². The van der Waals surface area contributed by atoms with Gasteiger partial charge in [0.1, 0.15) is 16.9 Å². The molecule has 0 aliphatic rings. The zero-order chi connectivity index (χ0) is 14.9. The first-order chi connectivity index (χ1) is 10.0. The highest BCUT2D eigenvalue weighted by atomic mass is 32.1. The van der Waals surface area contributed by atoms with Gasteiger partial charge in [0.15, 0.2) is 5.01 Å². The lowest BCUT2D eigenvalue weighted by Crippen LogP contribution is -2.37. The first-order valence-corrected chi connectivity index (χ1v) is 7.88. The van der Waals surface area contributed by atoms with Gasteiger partial charge in [-0.05, 0) is 26.8 Å². The van der Waals surface area contributed by atoms with Crippen LogP contribution in [0.4, 0.5) is 0 Å². The molecular weight excluding hydrogens is 282 g/mol. The minimum atomic E-state index is 0.133. The normalized spacial score (nSPS) is 12.1. The van der Waals surface area contributed by atoms with Crippen molar-refractivity contribution < 1.29 is 4.42 Å². The Hall–Kier alpha value is -1.72. The fraction of sp³-hybridized carbons (Fsp3) is 0.375. The van der Waals surface area contributed by atoms with Crippen LogP contribution in [-0.2, 0) is 6.42 Å². The molecule has 0 saturated carbocycles. The van der Waals surface area contributed by atoms with Crippen LogP contribution in [0.1, 0.15) is 25.8 Å². The van der Waals surface area contributed by atoms with E-state index in [2.05, 4.69) is 42.4 Å². The van der Waals surface area contributed by atoms with E-state index < -0.39 is 0 Å². The van der Waals surface area contributed by atoms with Crippen LogP contribution in [-0.4, -0.2) is 22.3 Å². The number of hydrogen-bond acceptors (Lipinski definition) is 5. The van der Waals surface area contributed by atoms with E-state index in [1.54, 1.807) is 17.6 Å². The van der Waals surface area contributed by atoms with Crippen LogP contribution < -0.4 is 5.32 Å². The van der Waals surface area contributed by atoms with Gasteiger partial charge in [0.2, 0.25) is 0 Å². The maximum atomic E-state index is 5.57. The summed E-state index contributed by atoms with van der Waals surface area (Å²) in [4.78, 5) is 0. The fourth-order valence-electron chi connectivity index (χ4n) is 2.15. The van der Waals surface area contributed by atoms with Crippen molar-refractivity contribution in [1.29, 1.82) is 0 Å². The number of benzene rings is 1. The monoisotopic (exact) mass is 301 g/mol. The van der Waals surface area contributed by atoms with Gasteiger partial charge in [-0.15, -0.1) is 10.2 Å². The maximum Gasteiger partial charge on any atom is 0.151 e. The van der Waals surface area contributed by atoms with Crippen molar-refractivity contribution in [3.8, 4) is 10.6 Å². The fourth-order valence-corrected chi connectivity index (χ4v) is 3.01. The van der Waals surface area contributed by atoms with Gasteiger partial charge in [0, 0.05) is 23.9 Å². The average Bonchev–Trinajstić information content (AvgIpc) is 3.03. The highest BCUT2D eigenvalue weighted by molar-refractivity contribution is 7.14. The van der Waals surface area contributed by atoms with Crippen molar-refractivity contribution in [3.63, 3.8) is 0 Å². The lowest BCUT2D eigenvalue weighted by Gasteiger charge is -2.19. The topological polar surface area (TPSA) is 51.0 Å². The number of hydrogen-bond donors (Lipinski definition) is 1. The van der Waals surface area contributed by atoms with Crippen LogP contribution in [0.15, 0.2) is 34.9 Å². The lowest BCUT2D eigenvalue weighted by molar-refractivity contribution is 0.429. The predicted octanol–water partition coefficient (Wildman–Crippen LogP) is 3.88. The van der Waals surface area contributed by atoms with Crippen molar-refractivity contribution in [2.75, 3.05) is 6.54 Å². The van der Waals surface area contributed by atoms with E-state index in [-0.39, 0.29) is 5.54 Å². The lowest BCUT2D eigenvalue weighted by atomic mass is 10.1. The summed E-state index contributed by atoms with van der Waals surface area (Å²) in [5.74, 6) is 0. The Kier molecular flexibility index (Phi) is 3.78. The van der Waals surface area contributed by atoms with E-state index >= 15 is 0 Å². The molecule has 3 aromatic rings. The SMILES string of the molecule is CC(C)(C)NCCc1nnc(-c2coc3ccccc23)s1. The van der Waals surface area contributed by atoms with Crippen molar-refractivity contribution in [1.82, 2.24) is 15.5 Å². The predicted molar refractivity (Wildman–Crippen MR) is 86.6 cm³/mol. The Bertz CT molecular complexity index is 739. The summed E-state index contributed by atoms with van der Waals surface area (Å²) in [6.45, 7) is 7.40. The number of fused-ring (bicyclic) bond motifs is 1.